The first-order chi connectivity index (χ1) is 6.76. The van der Waals surface area contributed by atoms with Gasteiger partial charge in [0.25, 0.3) is 0 Å². The van der Waals surface area contributed by atoms with Gasteiger partial charge in [0.15, 0.2) is 0 Å². The number of hydrogen-bond acceptors (Lipinski definition) is 2. The van der Waals surface area contributed by atoms with Gasteiger partial charge in [-0.15, -0.1) is 0 Å². The predicted octanol–water partition coefficient (Wildman–Crippen LogP) is 2.14. The molecule has 0 saturated heterocycles. The van der Waals surface area contributed by atoms with E-state index in [0.29, 0.717) is 0 Å². The maximum Gasteiger partial charge on any atom is 0.119 e. The normalized spacial score (nSPS) is 10.8. The maximum absolute atomic E-state index is 5.19. The van der Waals surface area contributed by atoms with Crippen LogP contribution in [0.4, 0.5) is 0 Å². The van der Waals surface area contributed by atoms with Crippen LogP contribution < -0.4 is 4.74 Å². The van der Waals surface area contributed by atoms with Crippen LogP contribution in [0.5, 0.6) is 5.75 Å². The summed E-state index contributed by atoms with van der Waals surface area (Å²) in [5.74, 6) is 0.889. The molecule has 2 aromatic rings. The average molecular weight is 190 g/mol. The highest BCUT2D eigenvalue weighted by atomic mass is 16.5. The van der Waals surface area contributed by atoms with Crippen molar-refractivity contribution in [3.8, 4) is 5.75 Å². The third-order valence-corrected chi connectivity index (χ3v) is 2.47. The van der Waals surface area contributed by atoms with Crippen molar-refractivity contribution < 1.29 is 4.74 Å². The number of methoxy groups -OCH3 is 1. The minimum atomic E-state index is 0.889. The van der Waals surface area contributed by atoms with Gasteiger partial charge in [-0.2, -0.15) is 5.10 Å². The summed E-state index contributed by atoms with van der Waals surface area (Å²) in [4.78, 5) is 0. The third-order valence-electron chi connectivity index (χ3n) is 2.47. The van der Waals surface area contributed by atoms with Crippen LogP contribution in [0.3, 0.4) is 0 Å². The molecule has 14 heavy (non-hydrogen) atoms. The van der Waals surface area contributed by atoms with Crippen molar-refractivity contribution in [1.29, 1.82) is 0 Å². The van der Waals surface area contributed by atoms with Crippen LogP contribution in [0.2, 0.25) is 0 Å². The Morgan fingerprint density at radius 1 is 1.43 bits per heavy atom. The van der Waals surface area contributed by atoms with Crippen LogP contribution in [0.1, 0.15) is 12.6 Å². The lowest BCUT2D eigenvalue weighted by atomic mass is 10.2. The average Bonchev–Trinajstić information content (AvgIpc) is 2.55. The molecule has 1 heterocycles. The first-order valence-corrected chi connectivity index (χ1v) is 4.76. The largest absolute Gasteiger partial charge is 0.497 e. The fraction of sp³-hybridized carbons (Fsp3) is 0.364. The fourth-order valence-electron chi connectivity index (χ4n) is 1.71. The van der Waals surface area contributed by atoms with E-state index < -0.39 is 0 Å². The topological polar surface area (TPSA) is 27.1 Å². The van der Waals surface area contributed by atoms with Gasteiger partial charge in [0.1, 0.15) is 5.75 Å². The SMILES string of the molecule is CCc1nn(C)c2ccc(OC)cc12. The molecule has 0 fully saturated rings. The molecule has 1 aromatic carbocycles. The van der Waals surface area contributed by atoms with Crippen molar-refractivity contribution in [2.24, 2.45) is 7.05 Å². The molecule has 0 unspecified atom stereocenters. The Labute approximate surface area is 83.3 Å². The van der Waals surface area contributed by atoms with Crippen molar-refractivity contribution in [2.45, 2.75) is 13.3 Å². The molecule has 0 N–H and O–H groups in total. The zero-order valence-corrected chi connectivity index (χ0v) is 8.74. The van der Waals surface area contributed by atoms with Gasteiger partial charge in [0.05, 0.1) is 18.3 Å². The second-order valence-corrected chi connectivity index (χ2v) is 3.31. The number of hydrogen-bond donors (Lipinski definition) is 0. The number of aromatic nitrogens is 2. The summed E-state index contributed by atoms with van der Waals surface area (Å²) in [6.07, 6.45) is 0.949. The highest BCUT2D eigenvalue weighted by molar-refractivity contribution is 5.83. The minimum absolute atomic E-state index is 0.889. The number of benzene rings is 1. The first-order valence-electron chi connectivity index (χ1n) is 4.76. The molecular weight excluding hydrogens is 176 g/mol. The highest BCUT2D eigenvalue weighted by Crippen LogP contribution is 2.23. The van der Waals surface area contributed by atoms with E-state index in [0.717, 1.165) is 23.4 Å². The first kappa shape index (κ1) is 9.06. The van der Waals surface area contributed by atoms with Gasteiger partial charge in [-0.3, -0.25) is 4.68 Å². The van der Waals surface area contributed by atoms with Crippen LogP contribution in [0.25, 0.3) is 10.9 Å². The van der Waals surface area contributed by atoms with E-state index >= 15 is 0 Å². The second-order valence-electron chi connectivity index (χ2n) is 3.31. The monoisotopic (exact) mass is 190 g/mol. The lowest BCUT2D eigenvalue weighted by Crippen LogP contribution is -1.90. The molecule has 2 rings (SSSR count). The zero-order valence-electron chi connectivity index (χ0n) is 8.74. The van der Waals surface area contributed by atoms with Crippen LogP contribution in [0, 0.1) is 0 Å². The van der Waals surface area contributed by atoms with Gasteiger partial charge in [-0.05, 0) is 24.6 Å². The summed E-state index contributed by atoms with van der Waals surface area (Å²) < 4.78 is 7.10. The van der Waals surface area contributed by atoms with Gasteiger partial charge in [-0.25, -0.2) is 0 Å². The van der Waals surface area contributed by atoms with E-state index in [9.17, 15) is 0 Å². The predicted molar refractivity (Wildman–Crippen MR) is 56.6 cm³/mol. The van der Waals surface area contributed by atoms with E-state index in [4.69, 9.17) is 4.74 Å². The van der Waals surface area contributed by atoms with E-state index in [1.807, 2.05) is 29.9 Å². The molecule has 0 atom stereocenters. The summed E-state index contributed by atoms with van der Waals surface area (Å²) in [6, 6.07) is 6.05. The Hall–Kier alpha value is -1.51. The van der Waals surface area contributed by atoms with Crippen LogP contribution in [-0.2, 0) is 13.5 Å². The molecule has 0 saturated carbocycles. The molecule has 0 bridgehead atoms. The number of rotatable bonds is 2. The zero-order chi connectivity index (χ0) is 10.1. The number of fused-ring (bicyclic) bond motifs is 1. The molecule has 0 amide bonds. The molecule has 74 valence electrons. The molecule has 3 heteroatoms. The molecule has 0 radical (unpaired) electrons. The molecular formula is C11H14N2O. The van der Waals surface area contributed by atoms with Gasteiger partial charge < -0.3 is 4.74 Å². The fourth-order valence-corrected chi connectivity index (χ4v) is 1.71. The lowest BCUT2D eigenvalue weighted by molar-refractivity contribution is 0.415. The minimum Gasteiger partial charge on any atom is -0.497 e. The van der Waals surface area contributed by atoms with Gasteiger partial charge in [0.2, 0.25) is 0 Å². The number of nitrogens with zero attached hydrogens (tertiary/aromatic N) is 2. The summed E-state index contributed by atoms with van der Waals surface area (Å²) >= 11 is 0. The van der Waals surface area contributed by atoms with Crippen LogP contribution in [0.15, 0.2) is 18.2 Å². The molecule has 0 aliphatic heterocycles. The van der Waals surface area contributed by atoms with Crippen molar-refractivity contribution in [1.82, 2.24) is 9.78 Å². The quantitative estimate of drug-likeness (QED) is 0.725. The number of ether oxygens (including phenoxy) is 1. The smallest absolute Gasteiger partial charge is 0.119 e. The Kier molecular flexibility index (Phi) is 2.15. The molecule has 0 aliphatic carbocycles. The summed E-state index contributed by atoms with van der Waals surface area (Å²) in [5.41, 5.74) is 2.28. The van der Waals surface area contributed by atoms with E-state index in [2.05, 4.69) is 12.0 Å². The maximum atomic E-state index is 5.19. The van der Waals surface area contributed by atoms with Gasteiger partial charge >= 0.3 is 0 Å². The van der Waals surface area contributed by atoms with Gasteiger partial charge in [-0.1, -0.05) is 6.92 Å². The summed E-state index contributed by atoms with van der Waals surface area (Å²) in [6.45, 7) is 2.11. The van der Waals surface area contributed by atoms with Crippen molar-refractivity contribution >= 4 is 10.9 Å². The van der Waals surface area contributed by atoms with Crippen molar-refractivity contribution in [3.05, 3.63) is 23.9 Å². The molecule has 0 aliphatic rings. The highest BCUT2D eigenvalue weighted by Gasteiger charge is 2.07. The second kappa shape index (κ2) is 3.33. The Morgan fingerprint density at radius 3 is 2.86 bits per heavy atom. The Balaban J connectivity index is 2.71. The van der Waals surface area contributed by atoms with E-state index in [1.54, 1.807) is 7.11 Å². The third kappa shape index (κ3) is 1.25. The lowest BCUT2D eigenvalue weighted by Gasteiger charge is -1.99. The molecule has 0 spiro atoms. The van der Waals surface area contributed by atoms with E-state index in [-0.39, 0.29) is 0 Å². The van der Waals surface area contributed by atoms with Crippen molar-refractivity contribution in [3.63, 3.8) is 0 Å². The summed E-state index contributed by atoms with van der Waals surface area (Å²) in [5, 5.41) is 5.63. The van der Waals surface area contributed by atoms with E-state index in [1.165, 1.54) is 5.39 Å². The van der Waals surface area contributed by atoms with Crippen LogP contribution in [-0.4, -0.2) is 16.9 Å². The van der Waals surface area contributed by atoms with Crippen molar-refractivity contribution in [2.75, 3.05) is 7.11 Å². The number of aryl methyl sites for hydroxylation is 2. The standard InChI is InChI=1S/C11H14N2O/c1-4-10-9-7-8(14-3)5-6-11(9)13(2)12-10/h5-7H,4H2,1-3H3. The van der Waals surface area contributed by atoms with Crippen LogP contribution >= 0.6 is 0 Å². The van der Waals surface area contributed by atoms with Gasteiger partial charge in [0, 0.05) is 12.4 Å². The molecule has 3 nitrogen and oxygen atoms in total. The molecule has 1 aromatic heterocycles. The Morgan fingerprint density at radius 2 is 2.21 bits per heavy atom. The summed E-state index contributed by atoms with van der Waals surface area (Å²) in [7, 11) is 3.65. The Bertz CT molecular complexity index is 460.